The summed E-state index contributed by atoms with van der Waals surface area (Å²) in [4.78, 5) is 26.7. The molecule has 2 aliphatic rings. The molecule has 1 aliphatic carbocycles. The van der Waals surface area contributed by atoms with Gasteiger partial charge in [-0.2, -0.15) is 5.26 Å². The number of nitrogens with zero attached hydrogens (tertiary/aromatic N) is 3. The Bertz CT molecular complexity index is 810. The van der Waals surface area contributed by atoms with E-state index in [2.05, 4.69) is 6.07 Å². The predicted molar refractivity (Wildman–Crippen MR) is 97.9 cm³/mol. The normalized spacial score (nSPS) is 19.8. The molecule has 0 spiro atoms. The number of carbonyl (C=O) groups is 2. The van der Waals surface area contributed by atoms with Crippen LogP contribution in [0.1, 0.15) is 25.7 Å². The molecule has 1 heterocycles. The van der Waals surface area contributed by atoms with E-state index in [4.69, 9.17) is 0 Å². The van der Waals surface area contributed by atoms with E-state index < -0.39 is 11.3 Å². The summed E-state index contributed by atoms with van der Waals surface area (Å²) < 4.78 is 0. The molecule has 2 fully saturated rings. The van der Waals surface area contributed by atoms with Gasteiger partial charge in [-0.25, -0.2) is 10.0 Å². The molecule has 2 amide bonds. The number of anilines is 2. The van der Waals surface area contributed by atoms with E-state index in [9.17, 15) is 14.9 Å². The predicted octanol–water partition coefficient (Wildman–Crippen LogP) is 3.68. The van der Waals surface area contributed by atoms with Crippen molar-refractivity contribution in [3.05, 3.63) is 60.7 Å². The van der Waals surface area contributed by atoms with Crippen molar-refractivity contribution < 1.29 is 9.59 Å². The highest BCUT2D eigenvalue weighted by Gasteiger charge is 2.58. The van der Waals surface area contributed by atoms with Crippen molar-refractivity contribution in [2.45, 2.75) is 25.7 Å². The Labute approximate surface area is 152 Å². The number of benzene rings is 2. The van der Waals surface area contributed by atoms with Gasteiger partial charge in [0.2, 0.25) is 0 Å². The van der Waals surface area contributed by atoms with Crippen LogP contribution in [-0.4, -0.2) is 11.8 Å². The first-order valence-corrected chi connectivity index (χ1v) is 8.87. The lowest BCUT2D eigenvalue weighted by atomic mass is 9.74. The maximum absolute atomic E-state index is 13.4. The van der Waals surface area contributed by atoms with Crippen molar-refractivity contribution in [3.63, 3.8) is 0 Å². The minimum Gasteiger partial charge on any atom is -0.272 e. The number of rotatable bonds is 3. The fourth-order valence-corrected chi connectivity index (χ4v) is 4.11. The van der Waals surface area contributed by atoms with Crippen LogP contribution in [0.4, 0.5) is 11.4 Å². The highest BCUT2D eigenvalue weighted by atomic mass is 16.2. The zero-order chi connectivity index (χ0) is 18.1. The molecule has 5 heteroatoms. The third-order valence-corrected chi connectivity index (χ3v) is 5.38. The standard InChI is InChI=1S/C21H19N3O2/c22-15-21(13-7-8-14-21)18-19(25)23(16-9-3-1-4-10-16)24(20(18)26)17-11-5-2-6-12-17/h1-6,9-12,18H,7-8,13-14H2. The SMILES string of the molecule is N#CC1(C2C(=O)N(c3ccccc3)N(c3ccccc3)C2=O)CCCC1. The van der Waals surface area contributed by atoms with E-state index in [-0.39, 0.29) is 11.8 Å². The lowest BCUT2D eigenvalue weighted by Gasteiger charge is -2.27. The zero-order valence-corrected chi connectivity index (χ0v) is 14.3. The fourth-order valence-electron chi connectivity index (χ4n) is 4.11. The number of nitriles is 1. The summed E-state index contributed by atoms with van der Waals surface area (Å²) in [6, 6.07) is 20.6. The smallest absolute Gasteiger partial charge is 0.260 e. The molecule has 1 aliphatic heterocycles. The molecule has 1 saturated heterocycles. The Morgan fingerprint density at radius 1 is 0.808 bits per heavy atom. The Morgan fingerprint density at radius 2 is 1.23 bits per heavy atom. The molecule has 1 saturated carbocycles. The van der Waals surface area contributed by atoms with Gasteiger partial charge in [0.15, 0.2) is 0 Å². The molecule has 5 nitrogen and oxygen atoms in total. The van der Waals surface area contributed by atoms with Gasteiger partial charge < -0.3 is 0 Å². The second-order valence-electron chi connectivity index (χ2n) is 6.88. The fraction of sp³-hybridized carbons (Fsp3) is 0.286. The number of amides is 2. The van der Waals surface area contributed by atoms with Crippen LogP contribution in [0.15, 0.2) is 60.7 Å². The van der Waals surface area contributed by atoms with E-state index in [0.29, 0.717) is 24.2 Å². The summed E-state index contributed by atoms with van der Waals surface area (Å²) in [5.41, 5.74) is 0.358. The molecule has 4 rings (SSSR count). The molecule has 2 aromatic carbocycles. The summed E-state index contributed by atoms with van der Waals surface area (Å²) in [5.74, 6) is -1.57. The zero-order valence-electron chi connectivity index (χ0n) is 14.3. The highest BCUT2D eigenvalue weighted by molar-refractivity contribution is 6.23. The van der Waals surface area contributed by atoms with Gasteiger partial charge in [0, 0.05) is 0 Å². The molecule has 0 bridgehead atoms. The van der Waals surface area contributed by atoms with Gasteiger partial charge in [-0.05, 0) is 37.1 Å². The molecule has 0 aromatic heterocycles. The van der Waals surface area contributed by atoms with Gasteiger partial charge in [0.25, 0.3) is 11.8 Å². The molecule has 2 aromatic rings. The topological polar surface area (TPSA) is 64.4 Å². The van der Waals surface area contributed by atoms with Gasteiger partial charge in [-0.1, -0.05) is 49.2 Å². The Balaban J connectivity index is 1.85. The monoisotopic (exact) mass is 345 g/mol. The maximum atomic E-state index is 13.4. The summed E-state index contributed by atoms with van der Waals surface area (Å²) in [5, 5.41) is 12.7. The number of para-hydroxylation sites is 2. The maximum Gasteiger partial charge on any atom is 0.260 e. The van der Waals surface area contributed by atoms with Crippen LogP contribution >= 0.6 is 0 Å². The number of hydrogen-bond donors (Lipinski definition) is 0. The van der Waals surface area contributed by atoms with Crippen LogP contribution in [0.3, 0.4) is 0 Å². The molecule has 130 valence electrons. The highest BCUT2D eigenvalue weighted by Crippen LogP contribution is 2.48. The van der Waals surface area contributed by atoms with Crippen molar-refractivity contribution in [2.75, 3.05) is 10.0 Å². The molecule has 0 unspecified atom stereocenters. The first-order chi connectivity index (χ1) is 12.7. The van der Waals surface area contributed by atoms with E-state index in [1.807, 2.05) is 36.4 Å². The van der Waals surface area contributed by atoms with Crippen molar-refractivity contribution in [3.8, 4) is 6.07 Å². The van der Waals surface area contributed by atoms with Gasteiger partial charge in [0.1, 0.15) is 5.92 Å². The molecule has 26 heavy (non-hydrogen) atoms. The van der Waals surface area contributed by atoms with Crippen LogP contribution in [0.5, 0.6) is 0 Å². The average Bonchev–Trinajstić information content (AvgIpc) is 3.26. The van der Waals surface area contributed by atoms with Crippen LogP contribution in [0.25, 0.3) is 0 Å². The van der Waals surface area contributed by atoms with Crippen LogP contribution in [-0.2, 0) is 9.59 Å². The lowest BCUT2D eigenvalue weighted by Crippen LogP contribution is -2.41. The van der Waals surface area contributed by atoms with E-state index in [1.54, 1.807) is 24.3 Å². The third kappa shape index (κ3) is 2.38. The van der Waals surface area contributed by atoms with Crippen LogP contribution in [0.2, 0.25) is 0 Å². The summed E-state index contributed by atoms with van der Waals surface area (Å²) in [6.45, 7) is 0. The van der Waals surface area contributed by atoms with Crippen molar-refractivity contribution in [2.24, 2.45) is 11.3 Å². The van der Waals surface area contributed by atoms with E-state index >= 15 is 0 Å². The molecule has 0 atom stereocenters. The Hall–Kier alpha value is -3.13. The van der Waals surface area contributed by atoms with Gasteiger partial charge in [-0.15, -0.1) is 0 Å². The Morgan fingerprint density at radius 3 is 1.62 bits per heavy atom. The first-order valence-electron chi connectivity index (χ1n) is 8.87. The lowest BCUT2D eigenvalue weighted by molar-refractivity contribution is -0.130. The molecular formula is C21H19N3O2. The summed E-state index contributed by atoms with van der Waals surface area (Å²) in [6.07, 6.45) is 2.94. The van der Waals surface area contributed by atoms with Crippen LogP contribution < -0.4 is 10.0 Å². The minimum absolute atomic E-state index is 0.312. The van der Waals surface area contributed by atoms with Gasteiger partial charge >= 0.3 is 0 Å². The van der Waals surface area contributed by atoms with Gasteiger partial charge in [-0.3, -0.25) is 9.59 Å². The van der Waals surface area contributed by atoms with E-state index in [1.165, 1.54) is 10.0 Å². The van der Waals surface area contributed by atoms with Crippen molar-refractivity contribution in [1.82, 2.24) is 0 Å². The van der Waals surface area contributed by atoms with Gasteiger partial charge in [0.05, 0.1) is 22.9 Å². The van der Waals surface area contributed by atoms with Crippen molar-refractivity contribution >= 4 is 23.2 Å². The molecule has 0 N–H and O–H groups in total. The number of hydrogen-bond acceptors (Lipinski definition) is 3. The average molecular weight is 345 g/mol. The molecular weight excluding hydrogens is 326 g/mol. The first kappa shape index (κ1) is 16.3. The Kier molecular flexibility index (Phi) is 3.96. The summed E-state index contributed by atoms with van der Waals surface area (Å²) in [7, 11) is 0. The number of carbonyl (C=O) groups excluding carboxylic acids is 2. The minimum atomic E-state index is -0.949. The molecule has 0 radical (unpaired) electrons. The quantitative estimate of drug-likeness (QED) is 0.797. The second-order valence-corrected chi connectivity index (χ2v) is 6.88. The van der Waals surface area contributed by atoms with E-state index in [0.717, 1.165) is 12.8 Å². The van der Waals surface area contributed by atoms with Crippen molar-refractivity contribution in [1.29, 1.82) is 5.26 Å². The third-order valence-electron chi connectivity index (χ3n) is 5.38. The van der Waals surface area contributed by atoms with Crippen LogP contribution in [0, 0.1) is 22.7 Å². The largest absolute Gasteiger partial charge is 0.272 e. The second kappa shape index (κ2) is 6.30. The summed E-state index contributed by atoms with van der Waals surface area (Å²) >= 11 is 0. The number of hydrazine groups is 1.